The molecule has 0 spiro atoms. The number of aryl methyl sites for hydroxylation is 1. The van der Waals surface area contributed by atoms with Crippen LogP contribution in [-0.4, -0.2) is 41.7 Å². The number of amides is 1. The normalized spacial score (nSPS) is 14.5. The fourth-order valence-electron chi connectivity index (χ4n) is 2.48. The molecule has 1 fully saturated rings. The molecule has 0 radical (unpaired) electrons. The highest BCUT2D eigenvalue weighted by molar-refractivity contribution is 5.95. The Bertz CT molecular complexity index is 774. The van der Waals surface area contributed by atoms with Crippen LogP contribution in [0.5, 0.6) is 0 Å². The van der Waals surface area contributed by atoms with Gasteiger partial charge in [-0.15, -0.1) is 0 Å². The van der Waals surface area contributed by atoms with Crippen LogP contribution in [0.3, 0.4) is 0 Å². The first-order valence-electron chi connectivity index (χ1n) is 7.51. The molecule has 0 saturated carbocycles. The monoisotopic (exact) mass is 327 g/mol. The number of hydrogen-bond acceptors (Lipinski definition) is 5. The van der Waals surface area contributed by atoms with E-state index in [9.17, 15) is 14.7 Å². The van der Waals surface area contributed by atoms with Gasteiger partial charge in [-0.05, 0) is 43.3 Å². The van der Waals surface area contributed by atoms with Crippen LogP contribution in [0.4, 0.5) is 17.2 Å². The highest BCUT2D eigenvalue weighted by Crippen LogP contribution is 2.23. The van der Waals surface area contributed by atoms with E-state index < -0.39 is 5.97 Å². The number of carbonyl (C=O) groups is 2. The van der Waals surface area contributed by atoms with E-state index in [1.54, 1.807) is 30.0 Å². The second-order valence-electron chi connectivity index (χ2n) is 5.42. The Kier molecular flexibility index (Phi) is 4.43. The number of ether oxygens (including phenoxy) is 1. The van der Waals surface area contributed by atoms with Crippen LogP contribution in [-0.2, 0) is 9.53 Å². The maximum Gasteiger partial charge on any atom is 0.339 e. The summed E-state index contributed by atoms with van der Waals surface area (Å²) < 4.78 is 5.12. The zero-order chi connectivity index (χ0) is 17.1. The standard InChI is InChI=1S/C17H17N3O4/c1-11-2-7-14(17(22)23)16(18-11)19-12-3-5-13(6-4-12)20-8-9-24-10-15(20)21/h2-7H,8-10H2,1H3,(H,18,19)(H,22,23). The van der Waals surface area contributed by atoms with Crippen molar-refractivity contribution in [3.05, 3.63) is 47.7 Å². The van der Waals surface area contributed by atoms with Crippen LogP contribution >= 0.6 is 0 Å². The average Bonchev–Trinajstić information content (AvgIpc) is 2.56. The van der Waals surface area contributed by atoms with Crippen molar-refractivity contribution in [3.63, 3.8) is 0 Å². The highest BCUT2D eigenvalue weighted by Gasteiger charge is 2.20. The van der Waals surface area contributed by atoms with E-state index in [0.29, 0.717) is 18.8 Å². The fraction of sp³-hybridized carbons (Fsp3) is 0.235. The third kappa shape index (κ3) is 3.36. The molecule has 1 aliphatic rings. The maximum absolute atomic E-state index is 11.8. The molecule has 0 atom stereocenters. The summed E-state index contributed by atoms with van der Waals surface area (Å²) in [7, 11) is 0. The third-order valence-electron chi connectivity index (χ3n) is 3.69. The van der Waals surface area contributed by atoms with E-state index >= 15 is 0 Å². The van der Waals surface area contributed by atoms with Gasteiger partial charge in [-0.25, -0.2) is 9.78 Å². The average molecular weight is 327 g/mol. The Labute approximate surface area is 138 Å². The van der Waals surface area contributed by atoms with E-state index in [0.717, 1.165) is 11.4 Å². The number of carboxylic acids is 1. The summed E-state index contributed by atoms with van der Waals surface area (Å²) in [6.07, 6.45) is 0. The van der Waals surface area contributed by atoms with Crippen LogP contribution in [0.25, 0.3) is 0 Å². The summed E-state index contributed by atoms with van der Waals surface area (Å²) in [5.74, 6) is -0.825. The number of hydrogen-bond donors (Lipinski definition) is 2. The van der Waals surface area contributed by atoms with Crippen molar-refractivity contribution in [2.45, 2.75) is 6.92 Å². The molecule has 0 aliphatic carbocycles. The Hall–Kier alpha value is -2.93. The van der Waals surface area contributed by atoms with Gasteiger partial charge in [0.05, 0.1) is 6.61 Å². The minimum absolute atomic E-state index is 0.0736. The van der Waals surface area contributed by atoms with Gasteiger partial charge in [0.2, 0.25) is 0 Å². The zero-order valence-electron chi connectivity index (χ0n) is 13.2. The number of aromatic nitrogens is 1. The summed E-state index contributed by atoms with van der Waals surface area (Å²) in [4.78, 5) is 29.0. The van der Waals surface area contributed by atoms with Gasteiger partial charge in [0.25, 0.3) is 5.91 Å². The van der Waals surface area contributed by atoms with Crippen molar-refractivity contribution < 1.29 is 19.4 Å². The molecule has 1 saturated heterocycles. The molecule has 24 heavy (non-hydrogen) atoms. The Morgan fingerprint density at radius 3 is 2.67 bits per heavy atom. The van der Waals surface area contributed by atoms with Crippen LogP contribution in [0, 0.1) is 6.92 Å². The third-order valence-corrected chi connectivity index (χ3v) is 3.69. The van der Waals surface area contributed by atoms with Crippen LogP contribution in [0.15, 0.2) is 36.4 Å². The summed E-state index contributed by atoms with van der Waals surface area (Å²) in [6.45, 7) is 2.92. The lowest BCUT2D eigenvalue weighted by molar-refractivity contribution is -0.125. The smallest absolute Gasteiger partial charge is 0.339 e. The largest absolute Gasteiger partial charge is 0.478 e. The molecular formula is C17H17N3O4. The molecule has 3 rings (SSSR count). The lowest BCUT2D eigenvalue weighted by Gasteiger charge is -2.27. The first kappa shape index (κ1) is 15.9. The van der Waals surface area contributed by atoms with E-state index in [2.05, 4.69) is 10.3 Å². The molecule has 7 nitrogen and oxygen atoms in total. The summed E-state index contributed by atoms with van der Waals surface area (Å²) >= 11 is 0. The molecule has 1 amide bonds. The number of nitrogens with one attached hydrogen (secondary N) is 1. The quantitative estimate of drug-likeness (QED) is 0.894. The summed E-state index contributed by atoms with van der Waals surface area (Å²) in [6, 6.07) is 10.4. The number of nitrogens with zero attached hydrogens (tertiary/aromatic N) is 2. The van der Waals surface area contributed by atoms with Crippen molar-refractivity contribution in [2.24, 2.45) is 0 Å². The number of carbonyl (C=O) groups excluding carboxylic acids is 1. The molecule has 1 aromatic heterocycles. The van der Waals surface area contributed by atoms with Gasteiger partial charge in [-0.2, -0.15) is 0 Å². The maximum atomic E-state index is 11.8. The van der Waals surface area contributed by atoms with Gasteiger partial charge >= 0.3 is 5.97 Å². The van der Waals surface area contributed by atoms with Crippen molar-refractivity contribution >= 4 is 29.1 Å². The van der Waals surface area contributed by atoms with Crippen molar-refractivity contribution in [3.8, 4) is 0 Å². The predicted octanol–water partition coefficient (Wildman–Crippen LogP) is 2.20. The lowest BCUT2D eigenvalue weighted by atomic mass is 10.2. The van der Waals surface area contributed by atoms with Crippen LogP contribution in [0.1, 0.15) is 16.1 Å². The first-order chi connectivity index (χ1) is 11.5. The van der Waals surface area contributed by atoms with Crippen LogP contribution < -0.4 is 10.2 Å². The van der Waals surface area contributed by atoms with E-state index in [4.69, 9.17) is 4.74 Å². The minimum Gasteiger partial charge on any atom is -0.478 e. The zero-order valence-corrected chi connectivity index (χ0v) is 13.2. The second kappa shape index (κ2) is 6.67. The fourth-order valence-corrected chi connectivity index (χ4v) is 2.48. The van der Waals surface area contributed by atoms with E-state index in [1.807, 2.05) is 12.1 Å². The number of rotatable bonds is 4. The topological polar surface area (TPSA) is 91.8 Å². The molecule has 124 valence electrons. The number of morpholine rings is 1. The Morgan fingerprint density at radius 1 is 1.25 bits per heavy atom. The highest BCUT2D eigenvalue weighted by atomic mass is 16.5. The van der Waals surface area contributed by atoms with Gasteiger partial charge in [0, 0.05) is 23.6 Å². The number of aromatic carboxylic acids is 1. The molecule has 2 aromatic rings. The number of carboxylic acid groups (broad SMARTS) is 1. The molecule has 7 heteroatoms. The van der Waals surface area contributed by atoms with Gasteiger partial charge in [-0.1, -0.05) is 0 Å². The lowest BCUT2D eigenvalue weighted by Crippen LogP contribution is -2.41. The van der Waals surface area contributed by atoms with E-state index in [-0.39, 0.29) is 23.9 Å². The predicted molar refractivity (Wildman–Crippen MR) is 88.8 cm³/mol. The van der Waals surface area contributed by atoms with Crippen molar-refractivity contribution in [1.29, 1.82) is 0 Å². The molecular weight excluding hydrogens is 310 g/mol. The van der Waals surface area contributed by atoms with Crippen LogP contribution in [0.2, 0.25) is 0 Å². The van der Waals surface area contributed by atoms with Gasteiger partial charge in [0.1, 0.15) is 18.0 Å². The SMILES string of the molecule is Cc1ccc(C(=O)O)c(Nc2ccc(N3CCOCC3=O)cc2)n1. The van der Waals surface area contributed by atoms with Gasteiger partial charge in [-0.3, -0.25) is 4.79 Å². The summed E-state index contributed by atoms with van der Waals surface area (Å²) in [5, 5.41) is 12.3. The number of benzene rings is 1. The molecule has 2 N–H and O–H groups in total. The molecule has 0 bridgehead atoms. The minimum atomic E-state index is -1.04. The molecule has 2 heterocycles. The number of anilines is 3. The van der Waals surface area contributed by atoms with Crippen molar-refractivity contribution in [1.82, 2.24) is 4.98 Å². The second-order valence-corrected chi connectivity index (χ2v) is 5.42. The van der Waals surface area contributed by atoms with Crippen molar-refractivity contribution in [2.75, 3.05) is 30.0 Å². The van der Waals surface area contributed by atoms with Gasteiger partial charge < -0.3 is 20.1 Å². The summed E-state index contributed by atoms with van der Waals surface area (Å²) in [5.41, 5.74) is 2.30. The molecule has 1 aromatic carbocycles. The molecule has 0 unspecified atom stereocenters. The van der Waals surface area contributed by atoms with E-state index in [1.165, 1.54) is 6.07 Å². The Balaban J connectivity index is 1.81. The first-order valence-corrected chi connectivity index (χ1v) is 7.51. The number of pyridine rings is 1. The van der Waals surface area contributed by atoms with Gasteiger partial charge in [0.15, 0.2) is 0 Å². The molecule has 1 aliphatic heterocycles. The Morgan fingerprint density at radius 2 is 2.00 bits per heavy atom.